The molecule has 1 aromatic rings. The number of hydrogen-bond acceptors (Lipinski definition) is 2. The first kappa shape index (κ1) is 9.66. The summed E-state index contributed by atoms with van der Waals surface area (Å²) in [5, 5.41) is 9.73. The van der Waals surface area contributed by atoms with Crippen LogP contribution in [0.1, 0.15) is 19.3 Å². The summed E-state index contributed by atoms with van der Waals surface area (Å²) in [6, 6.07) is 5.42. The molecule has 14 heavy (non-hydrogen) atoms. The van der Waals surface area contributed by atoms with Crippen LogP contribution in [0.3, 0.4) is 0 Å². The van der Waals surface area contributed by atoms with Crippen LogP contribution in [-0.4, -0.2) is 18.2 Å². The Morgan fingerprint density at radius 3 is 2.50 bits per heavy atom. The van der Waals surface area contributed by atoms with E-state index < -0.39 is 0 Å². The third-order valence-electron chi connectivity index (χ3n) is 2.65. The van der Waals surface area contributed by atoms with Gasteiger partial charge in [0.25, 0.3) is 0 Å². The van der Waals surface area contributed by atoms with Gasteiger partial charge < -0.3 is 10.0 Å². The van der Waals surface area contributed by atoms with Gasteiger partial charge in [-0.3, -0.25) is 0 Å². The molecule has 0 spiro atoms. The molecular weight excluding hydrogens is 198 g/mol. The Bertz CT molecular complexity index is 321. The summed E-state index contributed by atoms with van der Waals surface area (Å²) in [5.41, 5.74) is 1.12. The molecule has 1 aliphatic heterocycles. The maximum Gasteiger partial charge on any atom is 0.134 e. The summed E-state index contributed by atoms with van der Waals surface area (Å²) in [7, 11) is 0. The van der Waals surface area contributed by atoms with E-state index in [-0.39, 0.29) is 5.75 Å². The van der Waals surface area contributed by atoms with Crippen LogP contribution in [0, 0.1) is 0 Å². The number of piperidine rings is 1. The molecule has 0 atom stereocenters. The predicted octanol–water partition coefficient (Wildman–Crippen LogP) is 3.04. The van der Waals surface area contributed by atoms with Crippen molar-refractivity contribution in [3.05, 3.63) is 23.2 Å². The molecule has 1 N–H and O–H groups in total. The van der Waals surface area contributed by atoms with Crippen molar-refractivity contribution in [2.24, 2.45) is 0 Å². The van der Waals surface area contributed by atoms with Crippen LogP contribution >= 0.6 is 11.6 Å². The molecule has 1 heterocycles. The van der Waals surface area contributed by atoms with Gasteiger partial charge in [-0.2, -0.15) is 0 Å². The Balaban J connectivity index is 2.18. The molecule has 0 radical (unpaired) electrons. The van der Waals surface area contributed by atoms with Crippen molar-refractivity contribution < 1.29 is 5.11 Å². The zero-order valence-electron chi connectivity index (χ0n) is 8.04. The number of phenolic OH excluding ortho intramolecular Hbond substituents is 1. The van der Waals surface area contributed by atoms with E-state index in [1.807, 2.05) is 12.1 Å². The molecular formula is C11H14ClNO. The molecule has 0 aromatic heterocycles. The summed E-state index contributed by atoms with van der Waals surface area (Å²) in [6.45, 7) is 2.20. The van der Waals surface area contributed by atoms with E-state index in [0.29, 0.717) is 5.02 Å². The van der Waals surface area contributed by atoms with E-state index in [1.165, 1.54) is 19.3 Å². The average Bonchev–Trinajstić information content (AvgIpc) is 2.23. The van der Waals surface area contributed by atoms with Crippen LogP contribution in [0.25, 0.3) is 0 Å². The number of hydrogen-bond donors (Lipinski definition) is 1. The predicted molar refractivity (Wildman–Crippen MR) is 59.2 cm³/mol. The van der Waals surface area contributed by atoms with E-state index in [9.17, 15) is 5.11 Å². The Kier molecular flexibility index (Phi) is 2.82. The number of aromatic hydroxyl groups is 1. The van der Waals surface area contributed by atoms with Gasteiger partial charge in [0, 0.05) is 18.8 Å². The van der Waals surface area contributed by atoms with E-state index in [4.69, 9.17) is 11.6 Å². The maximum atomic E-state index is 9.29. The van der Waals surface area contributed by atoms with Crippen molar-refractivity contribution in [1.82, 2.24) is 0 Å². The zero-order chi connectivity index (χ0) is 9.97. The Labute approximate surface area is 89.1 Å². The van der Waals surface area contributed by atoms with Crippen LogP contribution in [0.2, 0.25) is 5.02 Å². The summed E-state index contributed by atoms with van der Waals surface area (Å²) in [4.78, 5) is 2.31. The SMILES string of the molecule is Oc1ccc(N2CCCCC2)cc1Cl. The fourth-order valence-electron chi connectivity index (χ4n) is 1.84. The fourth-order valence-corrected chi connectivity index (χ4v) is 2.02. The third-order valence-corrected chi connectivity index (χ3v) is 2.96. The topological polar surface area (TPSA) is 23.5 Å². The van der Waals surface area contributed by atoms with Gasteiger partial charge >= 0.3 is 0 Å². The van der Waals surface area contributed by atoms with Crippen molar-refractivity contribution in [2.45, 2.75) is 19.3 Å². The van der Waals surface area contributed by atoms with Gasteiger partial charge in [-0.1, -0.05) is 11.6 Å². The quantitative estimate of drug-likeness (QED) is 0.772. The first-order chi connectivity index (χ1) is 6.77. The highest BCUT2D eigenvalue weighted by Crippen LogP contribution is 2.29. The lowest BCUT2D eigenvalue weighted by Gasteiger charge is -2.28. The minimum Gasteiger partial charge on any atom is -0.506 e. The summed E-state index contributed by atoms with van der Waals surface area (Å²) in [5.74, 6) is 0.160. The van der Waals surface area contributed by atoms with Gasteiger partial charge in [0.05, 0.1) is 5.02 Å². The Morgan fingerprint density at radius 1 is 1.14 bits per heavy atom. The largest absolute Gasteiger partial charge is 0.506 e. The lowest BCUT2D eigenvalue weighted by atomic mass is 10.1. The minimum atomic E-state index is 0.160. The van der Waals surface area contributed by atoms with Crippen molar-refractivity contribution in [1.29, 1.82) is 0 Å². The van der Waals surface area contributed by atoms with Crippen LogP contribution < -0.4 is 4.90 Å². The molecule has 3 heteroatoms. The lowest BCUT2D eigenvalue weighted by Crippen LogP contribution is -2.29. The van der Waals surface area contributed by atoms with Gasteiger partial charge in [0.15, 0.2) is 0 Å². The fraction of sp³-hybridized carbons (Fsp3) is 0.455. The number of anilines is 1. The highest BCUT2D eigenvalue weighted by atomic mass is 35.5. The number of phenols is 1. The minimum absolute atomic E-state index is 0.160. The molecule has 1 aliphatic rings. The van der Waals surface area contributed by atoms with Crippen LogP contribution in [0.15, 0.2) is 18.2 Å². The lowest BCUT2D eigenvalue weighted by molar-refractivity contribution is 0.475. The van der Waals surface area contributed by atoms with Crippen molar-refractivity contribution in [2.75, 3.05) is 18.0 Å². The number of halogens is 1. The highest BCUT2D eigenvalue weighted by Gasteiger charge is 2.11. The van der Waals surface area contributed by atoms with E-state index in [0.717, 1.165) is 18.8 Å². The van der Waals surface area contributed by atoms with E-state index in [1.54, 1.807) is 6.07 Å². The second kappa shape index (κ2) is 4.09. The summed E-state index contributed by atoms with van der Waals surface area (Å²) < 4.78 is 0. The van der Waals surface area contributed by atoms with Crippen LogP contribution in [0.5, 0.6) is 5.75 Å². The standard InChI is InChI=1S/C11H14ClNO/c12-10-8-9(4-5-11(10)14)13-6-2-1-3-7-13/h4-5,8,14H,1-3,6-7H2. The Morgan fingerprint density at radius 2 is 1.86 bits per heavy atom. The first-order valence-electron chi connectivity index (χ1n) is 5.01. The van der Waals surface area contributed by atoms with Gasteiger partial charge in [-0.15, -0.1) is 0 Å². The molecule has 0 aliphatic carbocycles. The number of rotatable bonds is 1. The Hall–Kier alpha value is -0.890. The molecule has 0 saturated carbocycles. The van der Waals surface area contributed by atoms with Gasteiger partial charge in [-0.25, -0.2) is 0 Å². The number of nitrogens with zero attached hydrogens (tertiary/aromatic N) is 1. The van der Waals surface area contributed by atoms with E-state index in [2.05, 4.69) is 4.90 Å². The molecule has 0 amide bonds. The second-order valence-corrected chi connectivity index (χ2v) is 4.09. The van der Waals surface area contributed by atoms with Gasteiger partial charge in [0.1, 0.15) is 5.75 Å². The van der Waals surface area contributed by atoms with Gasteiger partial charge in [-0.05, 0) is 37.5 Å². The zero-order valence-corrected chi connectivity index (χ0v) is 8.80. The van der Waals surface area contributed by atoms with Crippen molar-refractivity contribution in [3.8, 4) is 5.75 Å². The smallest absolute Gasteiger partial charge is 0.134 e. The molecule has 2 rings (SSSR count). The molecule has 76 valence electrons. The number of benzene rings is 1. The first-order valence-corrected chi connectivity index (χ1v) is 5.38. The average molecular weight is 212 g/mol. The van der Waals surface area contributed by atoms with Crippen LogP contribution in [0.4, 0.5) is 5.69 Å². The molecule has 1 saturated heterocycles. The summed E-state index contributed by atoms with van der Waals surface area (Å²) >= 11 is 5.86. The second-order valence-electron chi connectivity index (χ2n) is 3.68. The molecule has 2 nitrogen and oxygen atoms in total. The molecule has 1 fully saturated rings. The monoisotopic (exact) mass is 211 g/mol. The highest BCUT2D eigenvalue weighted by molar-refractivity contribution is 6.32. The van der Waals surface area contributed by atoms with Crippen molar-refractivity contribution in [3.63, 3.8) is 0 Å². The normalized spacial score (nSPS) is 17.1. The molecule has 0 bridgehead atoms. The third kappa shape index (κ3) is 1.95. The maximum absolute atomic E-state index is 9.29. The van der Waals surface area contributed by atoms with Gasteiger partial charge in [0.2, 0.25) is 0 Å². The van der Waals surface area contributed by atoms with E-state index >= 15 is 0 Å². The molecule has 0 unspecified atom stereocenters. The van der Waals surface area contributed by atoms with Crippen molar-refractivity contribution >= 4 is 17.3 Å². The molecule has 1 aromatic carbocycles. The van der Waals surface area contributed by atoms with Crippen LogP contribution in [-0.2, 0) is 0 Å². The summed E-state index contributed by atoms with van der Waals surface area (Å²) in [6.07, 6.45) is 3.82.